The van der Waals surface area contributed by atoms with Crippen LogP contribution in [0, 0.1) is 6.92 Å². The molecule has 1 aliphatic heterocycles. The van der Waals surface area contributed by atoms with Crippen molar-refractivity contribution in [3.63, 3.8) is 0 Å². The summed E-state index contributed by atoms with van der Waals surface area (Å²) in [5, 5.41) is 0. The summed E-state index contributed by atoms with van der Waals surface area (Å²) in [5.41, 5.74) is 3.23. The summed E-state index contributed by atoms with van der Waals surface area (Å²) in [6, 6.07) is 2.49. The molecule has 2 aromatic rings. The Balaban J connectivity index is 2.14. The molecule has 1 atom stereocenters. The Kier molecular flexibility index (Phi) is 3.46. The zero-order chi connectivity index (χ0) is 13.4. The van der Waals surface area contributed by atoms with Crippen molar-refractivity contribution >= 4 is 22.8 Å². The molecule has 0 spiro atoms. The maximum absolute atomic E-state index is 5.93. The topological polar surface area (TPSA) is 34.0 Å². The lowest BCUT2D eigenvalue weighted by Gasteiger charge is -2.16. The monoisotopic (exact) mass is 278 g/mol. The molecule has 1 saturated heterocycles. The van der Waals surface area contributed by atoms with E-state index in [-0.39, 0.29) is 0 Å². The summed E-state index contributed by atoms with van der Waals surface area (Å²) in [7, 11) is 2.17. The first kappa shape index (κ1) is 12.9. The Morgan fingerprint density at radius 3 is 3.00 bits per heavy atom. The number of hydrogen-bond acceptors (Lipinski definition) is 3. The third-order valence-electron chi connectivity index (χ3n) is 3.90. The van der Waals surface area contributed by atoms with Crippen LogP contribution < -0.4 is 0 Å². The molecule has 0 bridgehead atoms. The van der Waals surface area contributed by atoms with Crippen molar-refractivity contribution in [2.45, 2.75) is 25.8 Å². The Hall–Kier alpha value is -1.13. The second-order valence-corrected chi connectivity index (χ2v) is 5.72. The van der Waals surface area contributed by atoms with Crippen LogP contribution in [0.2, 0.25) is 0 Å². The van der Waals surface area contributed by atoms with Crippen LogP contribution in [0.5, 0.6) is 0 Å². The molecule has 0 amide bonds. The average molecular weight is 279 g/mol. The van der Waals surface area contributed by atoms with Gasteiger partial charge in [-0.15, -0.1) is 11.6 Å². The van der Waals surface area contributed by atoms with E-state index in [0.29, 0.717) is 11.9 Å². The highest BCUT2D eigenvalue weighted by atomic mass is 35.5. The number of imidazole rings is 1. The molecule has 19 heavy (non-hydrogen) atoms. The molecule has 0 aliphatic carbocycles. The van der Waals surface area contributed by atoms with Gasteiger partial charge in [-0.1, -0.05) is 0 Å². The van der Waals surface area contributed by atoms with E-state index < -0.39 is 0 Å². The summed E-state index contributed by atoms with van der Waals surface area (Å²) in [6.45, 7) is 4.29. The molecule has 1 aliphatic rings. The van der Waals surface area contributed by atoms with Crippen LogP contribution in [0.1, 0.15) is 23.9 Å². The standard InChI is InChI=1S/C14H19ClN4/c1-10-4-7-16-14-13(10)17-12(3-6-15)19(14)11-5-8-18(2)9-11/h4,7,11H,3,5-6,8-9H2,1-2H3. The Morgan fingerprint density at radius 1 is 1.47 bits per heavy atom. The predicted octanol–water partition coefficient (Wildman–Crippen LogP) is 2.40. The molecule has 0 radical (unpaired) electrons. The summed E-state index contributed by atoms with van der Waals surface area (Å²) in [5.74, 6) is 1.68. The van der Waals surface area contributed by atoms with Crippen LogP contribution >= 0.6 is 11.6 Å². The quantitative estimate of drug-likeness (QED) is 0.809. The van der Waals surface area contributed by atoms with Gasteiger partial charge in [-0.25, -0.2) is 9.97 Å². The number of likely N-dealkylation sites (N-methyl/N-ethyl adjacent to an activating group) is 1. The van der Waals surface area contributed by atoms with E-state index in [9.17, 15) is 0 Å². The molecule has 0 saturated carbocycles. The zero-order valence-electron chi connectivity index (χ0n) is 11.4. The van der Waals surface area contributed by atoms with Crippen molar-refractivity contribution in [1.82, 2.24) is 19.4 Å². The van der Waals surface area contributed by atoms with Crippen LogP contribution in [0.25, 0.3) is 11.2 Å². The molecular formula is C14H19ClN4. The third kappa shape index (κ3) is 2.23. The largest absolute Gasteiger partial charge is 0.308 e. The van der Waals surface area contributed by atoms with Gasteiger partial charge in [-0.05, 0) is 38.6 Å². The van der Waals surface area contributed by atoms with Crippen LogP contribution in [0.3, 0.4) is 0 Å². The van der Waals surface area contributed by atoms with E-state index in [1.807, 2.05) is 12.3 Å². The summed E-state index contributed by atoms with van der Waals surface area (Å²) in [6.07, 6.45) is 3.84. The highest BCUT2D eigenvalue weighted by Crippen LogP contribution is 2.28. The van der Waals surface area contributed by atoms with Crippen molar-refractivity contribution in [2.24, 2.45) is 0 Å². The summed E-state index contributed by atoms with van der Waals surface area (Å²) >= 11 is 5.93. The first-order valence-corrected chi connectivity index (χ1v) is 7.31. The van der Waals surface area contributed by atoms with Crippen LogP contribution in [0.4, 0.5) is 0 Å². The van der Waals surface area contributed by atoms with Gasteiger partial charge in [0.1, 0.15) is 11.3 Å². The lowest BCUT2D eigenvalue weighted by molar-refractivity contribution is 0.392. The summed E-state index contributed by atoms with van der Waals surface area (Å²) < 4.78 is 2.31. The highest BCUT2D eigenvalue weighted by molar-refractivity contribution is 6.17. The van der Waals surface area contributed by atoms with Gasteiger partial charge in [0, 0.05) is 25.0 Å². The normalized spacial score (nSPS) is 20.5. The number of rotatable bonds is 3. The number of alkyl halides is 1. The van der Waals surface area contributed by atoms with Crippen molar-refractivity contribution in [2.75, 3.05) is 26.0 Å². The van der Waals surface area contributed by atoms with Crippen LogP contribution in [0.15, 0.2) is 12.3 Å². The first-order chi connectivity index (χ1) is 9.20. The molecule has 5 heteroatoms. The van der Waals surface area contributed by atoms with E-state index in [4.69, 9.17) is 16.6 Å². The minimum Gasteiger partial charge on any atom is -0.308 e. The zero-order valence-corrected chi connectivity index (χ0v) is 12.2. The summed E-state index contributed by atoms with van der Waals surface area (Å²) in [4.78, 5) is 11.7. The molecular weight excluding hydrogens is 260 g/mol. The number of aromatic nitrogens is 3. The smallest absolute Gasteiger partial charge is 0.160 e. The van der Waals surface area contributed by atoms with Gasteiger partial charge in [0.05, 0.1) is 6.04 Å². The lowest BCUT2D eigenvalue weighted by atomic mass is 10.2. The molecule has 0 N–H and O–H groups in total. The van der Waals surface area contributed by atoms with Crippen molar-refractivity contribution in [1.29, 1.82) is 0 Å². The molecule has 3 rings (SSSR count). The number of fused-ring (bicyclic) bond motifs is 1. The second-order valence-electron chi connectivity index (χ2n) is 5.34. The van der Waals surface area contributed by atoms with E-state index in [0.717, 1.165) is 42.9 Å². The van der Waals surface area contributed by atoms with Crippen molar-refractivity contribution in [3.8, 4) is 0 Å². The van der Waals surface area contributed by atoms with E-state index in [2.05, 4.69) is 28.4 Å². The lowest BCUT2D eigenvalue weighted by Crippen LogP contribution is -2.18. The molecule has 4 nitrogen and oxygen atoms in total. The minimum absolute atomic E-state index is 0.475. The molecule has 3 heterocycles. The minimum atomic E-state index is 0.475. The number of pyridine rings is 1. The van der Waals surface area contributed by atoms with Gasteiger partial charge in [-0.2, -0.15) is 0 Å². The average Bonchev–Trinajstić information content (AvgIpc) is 2.94. The Bertz CT molecular complexity index is 592. The maximum Gasteiger partial charge on any atom is 0.160 e. The van der Waals surface area contributed by atoms with E-state index >= 15 is 0 Å². The number of likely N-dealkylation sites (tertiary alicyclic amines) is 1. The molecule has 0 aromatic carbocycles. The van der Waals surface area contributed by atoms with E-state index in [1.54, 1.807) is 0 Å². The fourth-order valence-electron chi connectivity index (χ4n) is 2.92. The Morgan fingerprint density at radius 2 is 2.32 bits per heavy atom. The molecule has 1 fully saturated rings. The van der Waals surface area contributed by atoms with Crippen LogP contribution in [-0.2, 0) is 6.42 Å². The molecule has 1 unspecified atom stereocenters. The highest BCUT2D eigenvalue weighted by Gasteiger charge is 2.26. The number of nitrogens with zero attached hydrogens (tertiary/aromatic N) is 4. The Labute approximate surface area is 118 Å². The van der Waals surface area contributed by atoms with Gasteiger partial charge in [0.2, 0.25) is 0 Å². The fourth-order valence-corrected chi connectivity index (χ4v) is 3.09. The second kappa shape index (κ2) is 5.10. The molecule has 102 valence electrons. The fraction of sp³-hybridized carbons (Fsp3) is 0.571. The van der Waals surface area contributed by atoms with Gasteiger partial charge in [0.15, 0.2) is 5.65 Å². The maximum atomic E-state index is 5.93. The van der Waals surface area contributed by atoms with Crippen molar-refractivity contribution in [3.05, 3.63) is 23.7 Å². The van der Waals surface area contributed by atoms with Gasteiger partial charge >= 0.3 is 0 Å². The predicted molar refractivity (Wildman–Crippen MR) is 77.8 cm³/mol. The van der Waals surface area contributed by atoms with Gasteiger partial charge in [-0.3, -0.25) is 0 Å². The van der Waals surface area contributed by atoms with E-state index in [1.165, 1.54) is 5.56 Å². The number of aryl methyl sites for hydroxylation is 2. The van der Waals surface area contributed by atoms with Gasteiger partial charge in [0.25, 0.3) is 0 Å². The third-order valence-corrected chi connectivity index (χ3v) is 4.09. The number of halogens is 1. The van der Waals surface area contributed by atoms with Crippen LogP contribution in [-0.4, -0.2) is 45.5 Å². The van der Waals surface area contributed by atoms with Crippen molar-refractivity contribution < 1.29 is 0 Å². The number of hydrogen-bond donors (Lipinski definition) is 0. The SMILES string of the molecule is Cc1ccnc2c1nc(CCCl)n2C1CCN(C)C1. The van der Waals surface area contributed by atoms with Gasteiger partial charge < -0.3 is 9.47 Å². The first-order valence-electron chi connectivity index (χ1n) is 6.77. The molecule has 2 aromatic heterocycles.